The van der Waals surface area contributed by atoms with Gasteiger partial charge in [-0.05, 0) is 42.7 Å². The van der Waals surface area contributed by atoms with Gasteiger partial charge in [-0.1, -0.05) is 0 Å². The first-order valence-electron chi connectivity index (χ1n) is 7.31. The maximum absolute atomic E-state index is 12.1. The normalized spacial score (nSPS) is 14.8. The molecule has 4 rings (SSSR count). The van der Waals surface area contributed by atoms with E-state index in [1.807, 2.05) is 37.5 Å². The molecule has 0 bridgehead atoms. The highest BCUT2D eigenvalue weighted by atomic mass is 16.5. The number of hydrogen-bond donors (Lipinski definition) is 2. The van der Waals surface area contributed by atoms with Crippen LogP contribution in [-0.4, -0.2) is 21.9 Å². The Hall–Kier alpha value is -2.69. The van der Waals surface area contributed by atoms with E-state index in [0.717, 1.165) is 40.4 Å². The van der Waals surface area contributed by atoms with Gasteiger partial charge in [-0.2, -0.15) is 0 Å². The van der Waals surface area contributed by atoms with Crippen molar-refractivity contribution in [3.05, 3.63) is 50.9 Å². The molecule has 0 saturated heterocycles. The van der Waals surface area contributed by atoms with E-state index in [1.54, 1.807) is 7.11 Å². The van der Waals surface area contributed by atoms with E-state index >= 15 is 0 Å². The number of rotatable bonds is 2. The lowest BCUT2D eigenvalue weighted by molar-refractivity contribution is 0.415. The molecule has 22 heavy (non-hydrogen) atoms. The summed E-state index contributed by atoms with van der Waals surface area (Å²) < 4.78 is 7.38. The predicted octanol–water partition coefficient (Wildman–Crippen LogP) is 0.977. The summed E-state index contributed by atoms with van der Waals surface area (Å²) in [6, 6.07) is 5.98. The molecule has 1 aliphatic rings. The van der Waals surface area contributed by atoms with Crippen LogP contribution in [0.4, 0.5) is 0 Å². The van der Waals surface area contributed by atoms with Crippen LogP contribution >= 0.6 is 0 Å². The van der Waals surface area contributed by atoms with Gasteiger partial charge in [0.25, 0.3) is 5.56 Å². The smallest absolute Gasteiger partial charge is 0.271 e. The summed E-state index contributed by atoms with van der Waals surface area (Å²) in [5.41, 5.74) is 3.36. The molecule has 1 fully saturated rings. The van der Waals surface area contributed by atoms with Crippen molar-refractivity contribution in [2.24, 2.45) is 7.05 Å². The van der Waals surface area contributed by atoms with Crippen molar-refractivity contribution < 1.29 is 4.74 Å². The fourth-order valence-corrected chi connectivity index (χ4v) is 2.90. The SMILES string of the molecule is COc1ccc2c(c1)c(C=c1c(=O)[nH][nH]c1=C1CC1)cn2C. The summed E-state index contributed by atoms with van der Waals surface area (Å²) in [5, 5.41) is 8.43. The van der Waals surface area contributed by atoms with Crippen molar-refractivity contribution in [1.29, 1.82) is 0 Å². The molecule has 0 radical (unpaired) electrons. The lowest BCUT2D eigenvalue weighted by Gasteiger charge is -2.00. The zero-order valence-corrected chi connectivity index (χ0v) is 12.6. The molecule has 2 N–H and O–H groups in total. The number of hydrogen-bond acceptors (Lipinski definition) is 2. The second-order valence-corrected chi connectivity index (χ2v) is 5.69. The molecule has 1 aromatic carbocycles. The fraction of sp³-hybridized carbons (Fsp3) is 0.235. The maximum atomic E-state index is 12.1. The van der Waals surface area contributed by atoms with Gasteiger partial charge in [0.2, 0.25) is 0 Å². The first-order chi connectivity index (χ1) is 10.7. The number of aryl methyl sites for hydroxylation is 1. The second-order valence-electron chi connectivity index (χ2n) is 5.69. The van der Waals surface area contributed by atoms with Gasteiger partial charge in [0.15, 0.2) is 0 Å². The number of ether oxygens (including phenoxy) is 1. The summed E-state index contributed by atoms with van der Waals surface area (Å²) in [4.78, 5) is 12.1. The monoisotopic (exact) mass is 295 g/mol. The summed E-state index contributed by atoms with van der Waals surface area (Å²) in [6.07, 6.45) is 6.13. The average molecular weight is 295 g/mol. The first-order valence-corrected chi connectivity index (χ1v) is 7.31. The zero-order valence-electron chi connectivity index (χ0n) is 12.6. The largest absolute Gasteiger partial charge is 0.497 e. The second kappa shape index (κ2) is 4.66. The van der Waals surface area contributed by atoms with Gasteiger partial charge in [0, 0.05) is 29.7 Å². The van der Waals surface area contributed by atoms with Crippen molar-refractivity contribution in [2.45, 2.75) is 12.8 Å². The molecule has 1 aliphatic carbocycles. The van der Waals surface area contributed by atoms with Crippen LogP contribution in [0.25, 0.3) is 22.6 Å². The molecule has 0 amide bonds. The highest BCUT2D eigenvalue weighted by Crippen LogP contribution is 2.27. The van der Waals surface area contributed by atoms with Gasteiger partial charge < -0.3 is 9.30 Å². The lowest BCUT2D eigenvalue weighted by atomic mass is 10.1. The van der Waals surface area contributed by atoms with Crippen LogP contribution in [0.3, 0.4) is 0 Å². The van der Waals surface area contributed by atoms with Crippen molar-refractivity contribution in [3.63, 3.8) is 0 Å². The number of methoxy groups -OCH3 is 1. The highest BCUT2D eigenvalue weighted by Gasteiger charge is 2.15. The third-order valence-corrected chi connectivity index (χ3v) is 4.20. The minimum atomic E-state index is -0.0747. The molecule has 1 saturated carbocycles. The van der Waals surface area contributed by atoms with Crippen LogP contribution in [0.1, 0.15) is 18.4 Å². The lowest BCUT2D eigenvalue weighted by Crippen LogP contribution is -2.33. The van der Waals surface area contributed by atoms with Crippen LogP contribution < -0.4 is 20.9 Å². The number of aromatic amines is 2. The predicted molar refractivity (Wildman–Crippen MR) is 86.3 cm³/mol. The standard InChI is InChI=1S/C17H17N3O2/c1-20-9-11(13-8-12(22-2)5-6-15(13)20)7-14-16(10-3-4-10)18-19-17(14)21/h5-9,18H,3-4H2,1-2H3,(H,19,21). The summed E-state index contributed by atoms with van der Waals surface area (Å²) in [5.74, 6) is 0.813. The van der Waals surface area contributed by atoms with Crippen molar-refractivity contribution in [1.82, 2.24) is 14.8 Å². The van der Waals surface area contributed by atoms with E-state index in [2.05, 4.69) is 14.8 Å². The molecule has 112 valence electrons. The zero-order chi connectivity index (χ0) is 15.3. The molecular weight excluding hydrogens is 278 g/mol. The molecular formula is C17H17N3O2. The number of nitrogens with one attached hydrogen (secondary N) is 2. The third kappa shape index (κ3) is 1.97. The van der Waals surface area contributed by atoms with Crippen molar-refractivity contribution >= 4 is 22.6 Å². The Morgan fingerprint density at radius 2 is 2.09 bits per heavy atom. The van der Waals surface area contributed by atoms with E-state index in [4.69, 9.17) is 4.74 Å². The van der Waals surface area contributed by atoms with E-state index in [9.17, 15) is 4.79 Å². The molecule has 0 unspecified atom stereocenters. The number of benzene rings is 1. The first kappa shape index (κ1) is 13.0. The number of aromatic nitrogens is 3. The molecule has 5 nitrogen and oxygen atoms in total. The molecule has 0 atom stereocenters. The van der Waals surface area contributed by atoms with Crippen LogP contribution in [0.2, 0.25) is 0 Å². The number of fused-ring (bicyclic) bond motifs is 1. The van der Waals surface area contributed by atoms with Crippen LogP contribution in [0.15, 0.2) is 29.2 Å². The van der Waals surface area contributed by atoms with Crippen molar-refractivity contribution in [3.8, 4) is 5.75 Å². The van der Waals surface area contributed by atoms with Gasteiger partial charge in [-0.15, -0.1) is 0 Å². The summed E-state index contributed by atoms with van der Waals surface area (Å²) in [6.45, 7) is 0. The van der Waals surface area contributed by atoms with E-state index in [1.165, 1.54) is 5.57 Å². The molecule has 2 aromatic heterocycles. The van der Waals surface area contributed by atoms with Crippen LogP contribution in [0.5, 0.6) is 5.75 Å². The average Bonchev–Trinajstić information content (AvgIpc) is 3.24. The maximum Gasteiger partial charge on any atom is 0.271 e. The van der Waals surface area contributed by atoms with E-state index in [0.29, 0.717) is 5.22 Å². The Morgan fingerprint density at radius 3 is 2.82 bits per heavy atom. The Balaban J connectivity index is 2.04. The van der Waals surface area contributed by atoms with Crippen molar-refractivity contribution in [2.75, 3.05) is 7.11 Å². The molecule has 5 heteroatoms. The number of H-pyrrole nitrogens is 2. The van der Waals surface area contributed by atoms with Gasteiger partial charge in [-0.3, -0.25) is 15.0 Å². The molecule has 0 spiro atoms. The highest BCUT2D eigenvalue weighted by molar-refractivity contribution is 5.90. The number of nitrogens with zero attached hydrogens (tertiary/aromatic N) is 1. The molecule has 0 aliphatic heterocycles. The summed E-state index contributed by atoms with van der Waals surface area (Å²) >= 11 is 0. The Kier molecular flexibility index (Phi) is 2.76. The van der Waals surface area contributed by atoms with Crippen LogP contribution in [-0.2, 0) is 7.05 Å². The minimum Gasteiger partial charge on any atom is -0.497 e. The quantitative estimate of drug-likeness (QED) is 0.740. The summed E-state index contributed by atoms with van der Waals surface area (Å²) in [7, 11) is 3.66. The van der Waals surface area contributed by atoms with Gasteiger partial charge >= 0.3 is 0 Å². The third-order valence-electron chi connectivity index (χ3n) is 4.20. The Bertz CT molecular complexity index is 1040. The van der Waals surface area contributed by atoms with E-state index < -0.39 is 0 Å². The fourth-order valence-electron chi connectivity index (χ4n) is 2.90. The Labute approximate surface area is 126 Å². The Morgan fingerprint density at radius 1 is 1.27 bits per heavy atom. The van der Waals surface area contributed by atoms with Gasteiger partial charge in [0.05, 0.1) is 17.7 Å². The van der Waals surface area contributed by atoms with Gasteiger partial charge in [0.1, 0.15) is 5.75 Å². The van der Waals surface area contributed by atoms with E-state index in [-0.39, 0.29) is 5.56 Å². The molecule has 3 aromatic rings. The topological polar surface area (TPSA) is 62.8 Å². The molecule has 2 heterocycles. The minimum absolute atomic E-state index is 0.0747. The van der Waals surface area contributed by atoms with Crippen LogP contribution in [0, 0.1) is 0 Å². The van der Waals surface area contributed by atoms with Gasteiger partial charge in [-0.25, -0.2) is 0 Å².